The van der Waals surface area contributed by atoms with Crippen LogP contribution in [0.25, 0.3) is 0 Å². The zero-order valence-electron chi connectivity index (χ0n) is 7.13. The molecular weight excluding hydrogens is 208 g/mol. The minimum atomic E-state index is -0.688. The number of rotatable bonds is 2. The molecule has 1 rings (SSSR count). The Morgan fingerprint density at radius 2 is 1.79 bits per heavy atom. The maximum atomic E-state index is 10.5. The standard InChI is InChI=1S/C7H6N2O4S/c1-4-6(9(12)13)2-5(8(10)11)3-7(4)14/h2-3,14H,1H3. The van der Waals surface area contributed by atoms with Gasteiger partial charge in [-0.25, -0.2) is 0 Å². The number of nitro benzene ring substituents is 2. The van der Waals surface area contributed by atoms with Gasteiger partial charge in [-0.05, 0) is 6.92 Å². The molecule has 1 aromatic carbocycles. The number of thiol groups is 1. The molecule has 0 aliphatic carbocycles. The van der Waals surface area contributed by atoms with E-state index in [-0.39, 0.29) is 16.3 Å². The first-order chi connectivity index (χ1) is 6.43. The number of non-ortho nitro benzene ring substituents is 1. The van der Waals surface area contributed by atoms with Crippen molar-refractivity contribution >= 4 is 24.0 Å². The third-order valence-corrected chi connectivity index (χ3v) is 2.21. The summed E-state index contributed by atoms with van der Waals surface area (Å²) in [5.74, 6) is 0. The molecule has 14 heavy (non-hydrogen) atoms. The first-order valence-electron chi connectivity index (χ1n) is 3.56. The first-order valence-corrected chi connectivity index (χ1v) is 4.00. The van der Waals surface area contributed by atoms with E-state index >= 15 is 0 Å². The Labute approximate surface area is 84.3 Å². The van der Waals surface area contributed by atoms with Crippen LogP contribution in [0, 0.1) is 27.2 Å². The highest BCUT2D eigenvalue weighted by molar-refractivity contribution is 7.80. The summed E-state index contributed by atoms with van der Waals surface area (Å²) in [6, 6.07) is 2.11. The molecule has 6 nitrogen and oxygen atoms in total. The second kappa shape index (κ2) is 3.62. The van der Waals surface area contributed by atoms with Crippen LogP contribution in [-0.2, 0) is 0 Å². The van der Waals surface area contributed by atoms with Gasteiger partial charge in [0.15, 0.2) is 0 Å². The molecule has 7 heteroatoms. The van der Waals surface area contributed by atoms with Gasteiger partial charge in [0.05, 0.1) is 15.9 Å². The molecule has 1 aromatic rings. The summed E-state index contributed by atoms with van der Waals surface area (Å²) in [5.41, 5.74) is -0.291. The fourth-order valence-electron chi connectivity index (χ4n) is 0.965. The van der Waals surface area contributed by atoms with Gasteiger partial charge in [0.2, 0.25) is 0 Å². The maximum absolute atomic E-state index is 10.5. The van der Waals surface area contributed by atoms with E-state index in [1.165, 1.54) is 13.0 Å². The Morgan fingerprint density at radius 3 is 2.21 bits per heavy atom. The highest BCUT2D eigenvalue weighted by Crippen LogP contribution is 2.29. The molecular formula is C7H6N2O4S. The number of hydrogen-bond donors (Lipinski definition) is 1. The van der Waals surface area contributed by atoms with Gasteiger partial charge < -0.3 is 0 Å². The zero-order valence-corrected chi connectivity index (χ0v) is 8.02. The smallest absolute Gasteiger partial charge is 0.258 e. The van der Waals surface area contributed by atoms with Gasteiger partial charge in [0, 0.05) is 16.5 Å². The van der Waals surface area contributed by atoms with Crippen molar-refractivity contribution in [1.29, 1.82) is 0 Å². The van der Waals surface area contributed by atoms with Crippen LogP contribution in [0.4, 0.5) is 11.4 Å². The third kappa shape index (κ3) is 1.82. The van der Waals surface area contributed by atoms with E-state index in [0.717, 1.165) is 6.07 Å². The van der Waals surface area contributed by atoms with E-state index < -0.39 is 9.85 Å². The fraction of sp³-hybridized carbons (Fsp3) is 0.143. The van der Waals surface area contributed by atoms with Crippen molar-refractivity contribution in [1.82, 2.24) is 0 Å². The topological polar surface area (TPSA) is 86.3 Å². The van der Waals surface area contributed by atoms with Gasteiger partial charge in [-0.3, -0.25) is 20.2 Å². The lowest BCUT2D eigenvalue weighted by molar-refractivity contribution is -0.394. The summed E-state index contributed by atoms with van der Waals surface area (Å²) < 4.78 is 0. The summed E-state index contributed by atoms with van der Waals surface area (Å²) in [4.78, 5) is 19.8. The molecule has 0 radical (unpaired) electrons. The van der Waals surface area contributed by atoms with Crippen LogP contribution >= 0.6 is 12.6 Å². The monoisotopic (exact) mass is 214 g/mol. The molecule has 0 heterocycles. The maximum Gasteiger partial charge on any atom is 0.280 e. The molecule has 0 bridgehead atoms. The van der Waals surface area contributed by atoms with Gasteiger partial charge in [-0.1, -0.05) is 0 Å². The van der Waals surface area contributed by atoms with E-state index in [0.29, 0.717) is 5.56 Å². The van der Waals surface area contributed by atoms with Crippen molar-refractivity contribution in [2.75, 3.05) is 0 Å². The molecule has 0 saturated carbocycles. The molecule has 0 saturated heterocycles. The van der Waals surface area contributed by atoms with Gasteiger partial charge in [-0.15, -0.1) is 12.6 Å². The van der Waals surface area contributed by atoms with E-state index in [4.69, 9.17) is 0 Å². The predicted molar refractivity (Wildman–Crippen MR) is 51.7 cm³/mol. The molecule has 0 aromatic heterocycles. The van der Waals surface area contributed by atoms with E-state index in [9.17, 15) is 20.2 Å². The quantitative estimate of drug-likeness (QED) is 0.464. The molecule has 0 aliphatic rings. The summed E-state index contributed by atoms with van der Waals surface area (Å²) >= 11 is 3.92. The van der Waals surface area contributed by atoms with Crippen molar-refractivity contribution in [3.63, 3.8) is 0 Å². The Balaban J connectivity index is 3.43. The summed E-state index contributed by atoms with van der Waals surface area (Å²) in [6.07, 6.45) is 0. The Morgan fingerprint density at radius 1 is 1.21 bits per heavy atom. The minimum Gasteiger partial charge on any atom is -0.258 e. The van der Waals surface area contributed by atoms with Gasteiger partial charge in [0.1, 0.15) is 0 Å². The lowest BCUT2D eigenvalue weighted by Gasteiger charge is -2.00. The summed E-state index contributed by atoms with van der Waals surface area (Å²) in [5, 5.41) is 20.9. The third-order valence-electron chi connectivity index (χ3n) is 1.75. The van der Waals surface area contributed by atoms with Crippen molar-refractivity contribution < 1.29 is 9.85 Å². The Kier molecular flexibility index (Phi) is 2.70. The van der Waals surface area contributed by atoms with Crippen LogP contribution in [0.5, 0.6) is 0 Å². The fourth-order valence-corrected chi connectivity index (χ4v) is 1.21. The lowest BCUT2D eigenvalue weighted by atomic mass is 10.2. The van der Waals surface area contributed by atoms with Gasteiger partial charge in [-0.2, -0.15) is 0 Å². The highest BCUT2D eigenvalue weighted by Gasteiger charge is 2.19. The average molecular weight is 214 g/mol. The van der Waals surface area contributed by atoms with Crippen molar-refractivity contribution in [3.8, 4) is 0 Å². The van der Waals surface area contributed by atoms with Crippen LogP contribution in [0.15, 0.2) is 17.0 Å². The second-order valence-electron chi connectivity index (χ2n) is 2.62. The second-order valence-corrected chi connectivity index (χ2v) is 3.11. The Bertz CT molecular complexity index is 418. The van der Waals surface area contributed by atoms with Crippen LogP contribution in [0.3, 0.4) is 0 Å². The number of benzene rings is 1. The van der Waals surface area contributed by atoms with E-state index in [1.54, 1.807) is 0 Å². The number of nitrogens with zero attached hydrogens (tertiary/aromatic N) is 2. The largest absolute Gasteiger partial charge is 0.280 e. The SMILES string of the molecule is Cc1c(S)cc([N+](=O)[O-])cc1[N+](=O)[O-]. The van der Waals surface area contributed by atoms with Gasteiger partial charge >= 0.3 is 0 Å². The molecule has 74 valence electrons. The predicted octanol–water partition coefficient (Wildman–Crippen LogP) is 2.10. The van der Waals surface area contributed by atoms with Crippen LogP contribution in [0.2, 0.25) is 0 Å². The average Bonchev–Trinajstić information content (AvgIpc) is 2.08. The minimum absolute atomic E-state index is 0.242. The van der Waals surface area contributed by atoms with E-state index in [1.807, 2.05) is 0 Å². The lowest BCUT2D eigenvalue weighted by Crippen LogP contribution is -1.96. The molecule has 0 aliphatic heterocycles. The molecule has 0 unspecified atom stereocenters. The molecule has 0 amide bonds. The van der Waals surface area contributed by atoms with Crippen molar-refractivity contribution in [2.45, 2.75) is 11.8 Å². The van der Waals surface area contributed by atoms with Crippen molar-refractivity contribution in [2.24, 2.45) is 0 Å². The van der Waals surface area contributed by atoms with Crippen LogP contribution in [-0.4, -0.2) is 9.85 Å². The molecule has 0 fully saturated rings. The number of hydrogen-bond acceptors (Lipinski definition) is 5. The Hall–Kier alpha value is -1.63. The highest BCUT2D eigenvalue weighted by atomic mass is 32.1. The van der Waals surface area contributed by atoms with E-state index in [2.05, 4.69) is 12.6 Å². The van der Waals surface area contributed by atoms with Crippen molar-refractivity contribution in [3.05, 3.63) is 37.9 Å². The molecule has 0 atom stereocenters. The van der Waals surface area contributed by atoms with Crippen LogP contribution in [0.1, 0.15) is 5.56 Å². The summed E-state index contributed by atoms with van der Waals surface area (Å²) in [7, 11) is 0. The molecule has 0 N–H and O–H groups in total. The van der Waals surface area contributed by atoms with Crippen LogP contribution < -0.4 is 0 Å². The van der Waals surface area contributed by atoms with Gasteiger partial charge in [0.25, 0.3) is 11.4 Å². The normalized spacial score (nSPS) is 9.86. The molecule has 0 spiro atoms. The zero-order chi connectivity index (χ0) is 10.9. The number of nitro groups is 2. The summed E-state index contributed by atoms with van der Waals surface area (Å²) in [6.45, 7) is 1.49. The first kappa shape index (κ1) is 10.5.